The molecule has 1 aromatic carbocycles. The third-order valence-corrected chi connectivity index (χ3v) is 5.52. The number of thiazole rings is 1. The number of benzene rings is 1. The number of hydrogen-bond donors (Lipinski definition) is 2. The fraction of sp³-hybridized carbons (Fsp3) is 0.0476. The number of amides is 1. The van der Waals surface area contributed by atoms with Crippen molar-refractivity contribution in [3.8, 4) is 21.8 Å². The van der Waals surface area contributed by atoms with Crippen LogP contribution in [0.5, 0.6) is 0 Å². The van der Waals surface area contributed by atoms with Crippen molar-refractivity contribution in [2.75, 3.05) is 5.32 Å². The Kier molecular flexibility index (Phi) is 4.75. The number of aromatic amines is 1. The van der Waals surface area contributed by atoms with Gasteiger partial charge in [-0.25, -0.2) is 18.7 Å². The van der Waals surface area contributed by atoms with Gasteiger partial charge in [-0.3, -0.25) is 9.89 Å². The Labute approximate surface area is 178 Å². The molecule has 31 heavy (non-hydrogen) atoms. The van der Waals surface area contributed by atoms with Crippen molar-refractivity contribution >= 4 is 28.6 Å². The molecule has 0 saturated heterocycles. The maximum absolute atomic E-state index is 12.8. The molecule has 7 nitrogen and oxygen atoms in total. The lowest BCUT2D eigenvalue weighted by Crippen LogP contribution is -2.13. The van der Waals surface area contributed by atoms with E-state index in [2.05, 4.69) is 25.5 Å². The summed E-state index contributed by atoms with van der Waals surface area (Å²) in [5.74, 6) is -0.458. The number of anilines is 1. The van der Waals surface area contributed by atoms with Gasteiger partial charge < -0.3 is 9.72 Å². The highest BCUT2D eigenvalue weighted by molar-refractivity contribution is 7.13. The van der Waals surface area contributed by atoms with Gasteiger partial charge in [0.1, 0.15) is 22.0 Å². The average Bonchev–Trinajstić information content (AvgIpc) is 3.52. The minimum absolute atomic E-state index is 0.142. The molecule has 154 valence electrons. The van der Waals surface area contributed by atoms with Gasteiger partial charge in [-0.1, -0.05) is 30.3 Å². The summed E-state index contributed by atoms with van der Waals surface area (Å²) < 4.78 is 27.5. The number of carbonyl (C=O) groups excluding carboxylic acids is 1. The second-order valence-electron chi connectivity index (χ2n) is 6.66. The van der Waals surface area contributed by atoms with Crippen molar-refractivity contribution in [3.05, 3.63) is 77.8 Å². The SMILES string of the molecule is O=C(Nc1ccn2cc(-c3ccccc3)nc2c1)c1[nH]ncc1-c1nc(C(F)F)cs1. The number of H-pyrrole nitrogens is 1. The number of imidazole rings is 1. The molecule has 0 aliphatic rings. The molecule has 0 saturated carbocycles. The van der Waals surface area contributed by atoms with E-state index in [0.717, 1.165) is 22.6 Å². The molecule has 0 aliphatic heterocycles. The zero-order chi connectivity index (χ0) is 21.4. The maximum atomic E-state index is 12.8. The average molecular weight is 436 g/mol. The van der Waals surface area contributed by atoms with E-state index in [4.69, 9.17) is 0 Å². The van der Waals surface area contributed by atoms with Gasteiger partial charge in [-0.2, -0.15) is 5.10 Å². The number of alkyl halides is 2. The van der Waals surface area contributed by atoms with Crippen molar-refractivity contribution in [1.82, 2.24) is 24.6 Å². The fourth-order valence-electron chi connectivity index (χ4n) is 3.13. The minimum atomic E-state index is -2.67. The predicted molar refractivity (Wildman–Crippen MR) is 113 cm³/mol. The molecule has 5 rings (SSSR count). The standard InChI is InChI=1S/C21H14F2N6OS/c22-19(23)16-11-31-21(27-16)14-9-24-28-18(14)20(30)25-13-6-7-29-10-15(26-17(29)8-13)12-4-2-1-3-5-12/h1-11,19H,(H,24,28)(H,25,30). The Morgan fingerprint density at radius 3 is 2.77 bits per heavy atom. The fourth-order valence-corrected chi connectivity index (χ4v) is 3.96. The van der Waals surface area contributed by atoms with Gasteiger partial charge in [0.05, 0.1) is 17.5 Å². The largest absolute Gasteiger partial charge is 0.320 e. The van der Waals surface area contributed by atoms with Crippen LogP contribution in [0.25, 0.3) is 27.5 Å². The van der Waals surface area contributed by atoms with Crippen molar-refractivity contribution in [3.63, 3.8) is 0 Å². The Balaban J connectivity index is 1.40. The first-order chi connectivity index (χ1) is 15.1. The highest BCUT2D eigenvalue weighted by atomic mass is 32.1. The van der Waals surface area contributed by atoms with Gasteiger partial charge in [0.2, 0.25) is 0 Å². The third-order valence-electron chi connectivity index (χ3n) is 4.63. The smallest absolute Gasteiger partial charge is 0.281 e. The number of nitrogens with zero attached hydrogens (tertiary/aromatic N) is 4. The van der Waals surface area contributed by atoms with Gasteiger partial charge >= 0.3 is 0 Å². The van der Waals surface area contributed by atoms with E-state index >= 15 is 0 Å². The van der Waals surface area contributed by atoms with Crippen LogP contribution in [0.4, 0.5) is 14.5 Å². The molecule has 0 aliphatic carbocycles. The number of aromatic nitrogens is 5. The van der Waals surface area contributed by atoms with E-state index in [-0.39, 0.29) is 11.4 Å². The summed E-state index contributed by atoms with van der Waals surface area (Å²) in [7, 11) is 0. The minimum Gasteiger partial charge on any atom is -0.320 e. The molecular weight excluding hydrogens is 422 g/mol. The molecule has 10 heteroatoms. The number of fused-ring (bicyclic) bond motifs is 1. The molecule has 2 N–H and O–H groups in total. The second-order valence-corrected chi connectivity index (χ2v) is 7.52. The quantitative estimate of drug-likeness (QED) is 0.404. The molecule has 4 aromatic heterocycles. The van der Waals surface area contributed by atoms with Gasteiger partial charge in [-0.15, -0.1) is 11.3 Å². The van der Waals surface area contributed by atoms with E-state index in [0.29, 0.717) is 21.9 Å². The molecule has 0 fully saturated rings. The summed E-state index contributed by atoms with van der Waals surface area (Å²) >= 11 is 1.03. The first kappa shape index (κ1) is 19.1. The van der Waals surface area contributed by atoms with Crippen LogP contribution in [0, 0.1) is 0 Å². The molecule has 0 bridgehead atoms. The maximum Gasteiger partial charge on any atom is 0.281 e. The Hall–Kier alpha value is -3.92. The van der Waals surface area contributed by atoms with Gasteiger partial charge in [-0.05, 0) is 6.07 Å². The normalized spacial score (nSPS) is 11.3. The molecular formula is C21H14F2N6OS. The van der Waals surface area contributed by atoms with Crippen molar-refractivity contribution in [2.24, 2.45) is 0 Å². The summed E-state index contributed by atoms with van der Waals surface area (Å²) in [5.41, 5.74) is 3.19. The number of nitrogens with one attached hydrogen (secondary N) is 2. The van der Waals surface area contributed by atoms with E-state index in [1.807, 2.05) is 40.9 Å². The van der Waals surface area contributed by atoms with Crippen LogP contribution in [-0.4, -0.2) is 30.5 Å². The molecule has 5 aromatic rings. The van der Waals surface area contributed by atoms with E-state index < -0.39 is 12.3 Å². The van der Waals surface area contributed by atoms with Crippen LogP contribution in [0.3, 0.4) is 0 Å². The van der Waals surface area contributed by atoms with Crippen LogP contribution >= 0.6 is 11.3 Å². The monoisotopic (exact) mass is 436 g/mol. The number of rotatable bonds is 5. The summed E-state index contributed by atoms with van der Waals surface area (Å²) in [6.45, 7) is 0. The summed E-state index contributed by atoms with van der Waals surface area (Å²) in [5, 5.41) is 10.9. The molecule has 4 heterocycles. The van der Waals surface area contributed by atoms with Crippen molar-refractivity contribution < 1.29 is 13.6 Å². The highest BCUT2D eigenvalue weighted by Crippen LogP contribution is 2.30. The van der Waals surface area contributed by atoms with Crippen LogP contribution in [0.1, 0.15) is 22.6 Å². The zero-order valence-corrected chi connectivity index (χ0v) is 16.6. The van der Waals surface area contributed by atoms with E-state index in [9.17, 15) is 13.6 Å². The first-order valence-electron chi connectivity index (χ1n) is 9.21. The number of halogens is 2. The molecule has 0 atom stereocenters. The lowest BCUT2D eigenvalue weighted by Gasteiger charge is -2.05. The van der Waals surface area contributed by atoms with Crippen LogP contribution < -0.4 is 5.32 Å². The molecule has 1 amide bonds. The highest BCUT2D eigenvalue weighted by Gasteiger charge is 2.20. The first-order valence-corrected chi connectivity index (χ1v) is 10.1. The summed E-state index contributed by atoms with van der Waals surface area (Å²) in [6, 6.07) is 13.3. The lowest BCUT2D eigenvalue weighted by atomic mass is 10.2. The van der Waals surface area contributed by atoms with E-state index in [1.54, 1.807) is 18.3 Å². The molecule has 0 unspecified atom stereocenters. The van der Waals surface area contributed by atoms with Crippen LogP contribution in [-0.2, 0) is 0 Å². The number of pyridine rings is 1. The van der Waals surface area contributed by atoms with Crippen LogP contribution in [0.15, 0.2) is 66.4 Å². The predicted octanol–water partition coefficient (Wildman–Crippen LogP) is 5.04. The molecule has 0 radical (unpaired) electrons. The van der Waals surface area contributed by atoms with Crippen molar-refractivity contribution in [2.45, 2.75) is 6.43 Å². The number of hydrogen-bond acceptors (Lipinski definition) is 5. The zero-order valence-electron chi connectivity index (χ0n) is 15.8. The summed E-state index contributed by atoms with van der Waals surface area (Å²) in [6.07, 6.45) is 2.43. The third kappa shape index (κ3) is 3.68. The molecule has 0 spiro atoms. The Bertz CT molecular complexity index is 1380. The van der Waals surface area contributed by atoms with Gasteiger partial charge in [0, 0.05) is 35.1 Å². The topological polar surface area (TPSA) is 88.0 Å². The lowest BCUT2D eigenvalue weighted by molar-refractivity contribution is 0.102. The Morgan fingerprint density at radius 2 is 2.00 bits per heavy atom. The van der Waals surface area contributed by atoms with E-state index in [1.165, 1.54) is 11.6 Å². The Morgan fingerprint density at radius 1 is 1.16 bits per heavy atom. The van der Waals surface area contributed by atoms with Crippen molar-refractivity contribution in [1.29, 1.82) is 0 Å². The number of carbonyl (C=O) groups is 1. The van der Waals surface area contributed by atoms with Crippen LogP contribution in [0.2, 0.25) is 0 Å². The summed E-state index contributed by atoms with van der Waals surface area (Å²) in [4.78, 5) is 21.3. The van der Waals surface area contributed by atoms with Gasteiger partial charge in [0.25, 0.3) is 12.3 Å². The van der Waals surface area contributed by atoms with Gasteiger partial charge in [0.15, 0.2) is 0 Å². The second kappa shape index (κ2) is 7.73.